The van der Waals surface area contributed by atoms with Crippen molar-refractivity contribution in [1.29, 1.82) is 0 Å². The Bertz CT molecular complexity index is 1580. The maximum absolute atomic E-state index is 13.7. The van der Waals surface area contributed by atoms with E-state index in [-0.39, 0.29) is 23.9 Å². The highest BCUT2D eigenvalue weighted by atomic mass is 16.5. The van der Waals surface area contributed by atoms with Crippen molar-refractivity contribution < 1.29 is 14.3 Å². The summed E-state index contributed by atoms with van der Waals surface area (Å²) in [6.45, 7) is 5.98. The predicted molar refractivity (Wildman–Crippen MR) is 141 cm³/mol. The Morgan fingerprint density at radius 3 is 2.25 bits per heavy atom. The molecule has 1 heterocycles. The molecule has 5 rings (SSSR count). The third kappa shape index (κ3) is 3.95. The normalized spacial score (nSPS) is 12.5. The molecule has 1 aliphatic carbocycles. The van der Waals surface area contributed by atoms with Crippen LogP contribution in [0.1, 0.15) is 59.8 Å². The molecular weight excluding hydrogens is 450 g/mol. The number of fused-ring (bicyclic) bond motifs is 2. The van der Waals surface area contributed by atoms with Crippen LogP contribution in [-0.2, 0) is 29.6 Å². The number of nitrogens with zero attached hydrogens (tertiary/aromatic N) is 1. The fraction of sp³-hybridized carbons (Fsp3) is 0.258. The number of benzene rings is 3. The van der Waals surface area contributed by atoms with E-state index in [0.29, 0.717) is 17.5 Å². The largest absolute Gasteiger partial charge is 0.460 e. The molecule has 0 N–H and O–H groups in total. The van der Waals surface area contributed by atoms with Crippen LogP contribution in [0, 0.1) is 5.41 Å². The molecule has 0 amide bonds. The fourth-order valence-electron chi connectivity index (χ4n) is 4.73. The molecule has 5 nitrogen and oxygen atoms in total. The lowest BCUT2D eigenvalue weighted by molar-refractivity contribution is -0.155. The van der Waals surface area contributed by atoms with Crippen molar-refractivity contribution in [3.63, 3.8) is 0 Å². The van der Waals surface area contributed by atoms with Crippen molar-refractivity contribution in [2.75, 3.05) is 0 Å². The van der Waals surface area contributed by atoms with Crippen LogP contribution >= 0.6 is 0 Å². The van der Waals surface area contributed by atoms with E-state index in [1.54, 1.807) is 17.7 Å². The van der Waals surface area contributed by atoms with Gasteiger partial charge in [0.15, 0.2) is 5.78 Å². The first-order valence-electron chi connectivity index (χ1n) is 12.3. The van der Waals surface area contributed by atoms with Crippen LogP contribution in [0.5, 0.6) is 0 Å². The Morgan fingerprint density at radius 1 is 0.889 bits per heavy atom. The van der Waals surface area contributed by atoms with Crippen molar-refractivity contribution in [2.45, 2.75) is 40.2 Å². The van der Waals surface area contributed by atoms with Gasteiger partial charge in [-0.3, -0.25) is 14.4 Å². The van der Waals surface area contributed by atoms with Gasteiger partial charge in [0, 0.05) is 29.6 Å². The Hall–Kier alpha value is -3.99. The summed E-state index contributed by atoms with van der Waals surface area (Å²) >= 11 is 0. The van der Waals surface area contributed by atoms with E-state index >= 15 is 0 Å². The van der Waals surface area contributed by atoms with E-state index in [1.165, 1.54) is 0 Å². The Balaban J connectivity index is 1.49. The molecule has 182 valence electrons. The molecule has 0 saturated carbocycles. The summed E-state index contributed by atoms with van der Waals surface area (Å²) in [5.74, 6) is -0.215. The molecular formula is C31H29NO4. The summed E-state index contributed by atoms with van der Waals surface area (Å²) in [4.78, 5) is 38.6. The number of aryl methyl sites for hydroxylation is 1. The summed E-state index contributed by atoms with van der Waals surface area (Å²) in [6.07, 6.45) is 1.29. The number of ketones is 1. The molecule has 1 aromatic heterocycles. The van der Waals surface area contributed by atoms with Crippen molar-refractivity contribution in [3.8, 4) is 11.1 Å². The van der Waals surface area contributed by atoms with Crippen LogP contribution in [0.15, 0.2) is 71.5 Å². The maximum atomic E-state index is 13.7. The molecule has 36 heavy (non-hydrogen) atoms. The molecule has 0 saturated heterocycles. The molecule has 5 heteroatoms. The monoisotopic (exact) mass is 479 g/mol. The smallest absolute Gasteiger partial charge is 0.311 e. The molecule has 0 atom stereocenters. The van der Waals surface area contributed by atoms with Gasteiger partial charge < -0.3 is 9.30 Å². The molecule has 0 bridgehead atoms. The van der Waals surface area contributed by atoms with Gasteiger partial charge in [0.05, 0.1) is 10.9 Å². The van der Waals surface area contributed by atoms with E-state index < -0.39 is 5.41 Å². The standard InChI is InChI=1S/C31H29NO4/c1-5-31(2,3)30(35)36-18-20-12-10-19(11-13-20)16-21-14-15-25-28-24(17-26(33)32(25)4)22-8-6-7-9-23(22)29(34)27(21)28/h6-15,17H,5,16,18H2,1-4H3. The van der Waals surface area contributed by atoms with E-state index in [1.807, 2.05) is 81.4 Å². The minimum absolute atomic E-state index is 0.0144. The third-order valence-corrected chi connectivity index (χ3v) is 7.41. The molecule has 3 aromatic carbocycles. The number of aromatic nitrogens is 1. The van der Waals surface area contributed by atoms with Crippen LogP contribution in [0.3, 0.4) is 0 Å². The predicted octanol–water partition coefficient (Wildman–Crippen LogP) is 5.82. The van der Waals surface area contributed by atoms with Gasteiger partial charge in [0.25, 0.3) is 5.56 Å². The molecule has 0 spiro atoms. The third-order valence-electron chi connectivity index (χ3n) is 7.41. The summed E-state index contributed by atoms with van der Waals surface area (Å²) < 4.78 is 7.10. The zero-order valence-corrected chi connectivity index (χ0v) is 21.1. The minimum atomic E-state index is -0.495. The van der Waals surface area contributed by atoms with Gasteiger partial charge in [-0.1, -0.05) is 61.5 Å². The summed E-state index contributed by atoms with van der Waals surface area (Å²) in [5, 5.41) is 0.834. The van der Waals surface area contributed by atoms with Crippen LogP contribution in [-0.4, -0.2) is 16.3 Å². The van der Waals surface area contributed by atoms with Gasteiger partial charge in [-0.2, -0.15) is 0 Å². The average molecular weight is 480 g/mol. The maximum Gasteiger partial charge on any atom is 0.311 e. The quantitative estimate of drug-likeness (QED) is 0.288. The second kappa shape index (κ2) is 8.90. The topological polar surface area (TPSA) is 65.4 Å². The Kier molecular flexibility index (Phi) is 5.87. The SMILES string of the molecule is CCC(C)(C)C(=O)OCc1ccc(Cc2ccc3c4c(cc(=O)n3C)-c3ccccc3C(=O)c24)cc1. The van der Waals surface area contributed by atoms with Gasteiger partial charge in [0.2, 0.25) is 0 Å². The summed E-state index contributed by atoms with van der Waals surface area (Å²) in [7, 11) is 1.74. The number of hydrogen-bond donors (Lipinski definition) is 0. The average Bonchev–Trinajstić information content (AvgIpc) is 2.89. The van der Waals surface area contributed by atoms with Gasteiger partial charge in [0.1, 0.15) is 6.61 Å². The Morgan fingerprint density at radius 2 is 1.56 bits per heavy atom. The number of pyridine rings is 1. The van der Waals surface area contributed by atoms with Gasteiger partial charge in [-0.05, 0) is 60.6 Å². The van der Waals surface area contributed by atoms with E-state index in [2.05, 4.69) is 0 Å². The van der Waals surface area contributed by atoms with Gasteiger partial charge in [-0.15, -0.1) is 0 Å². The van der Waals surface area contributed by atoms with Gasteiger partial charge >= 0.3 is 5.97 Å². The zero-order valence-electron chi connectivity index (χ0n) is 21.1. The fourth-order valence-corrected chi connectivity index (χ4v) is 4.73. The Labute approximate surface area is 210 Å². The number of hydrogen-bond acceptors (Lipinski definition) is 4. The van der Waals surface area contributed by atoms with Crippen molar-refractivity contribution in [3.05, 3.63) is 105 Å². The number of carbonyl (C=O) groups excluding carboxylic acids is 2. The lowest BCUT2D eigenvalue weighted by Crippen LogP contribution is -2.25. The summed E-state index contributed by atoms with van der Waals surface area (Å²) in [5.41, 5.74) is 5.96. The molecule has 1 aliphatic rings. The lowest BCUT2D eigenvalue weighted by atomic mass is 9.81. The zero-order chi connectivity index (χ0) is 25.6. The molecule has 0 aliphatic heterocycles. The van der Waals surface area contributed by atoms with E-state index in [9.17, 15) is 14.4 Å². The van der Waals surface area contributed by atoms with Crippen molar-refractivity contribution in [2.24, 2.45) is 12.5 Å². The number of rotatable bonds is 6. The van der Waals surface area contributed by atoms with E-state index in [4.69, 9.17) is 4.74 Å². The van der Waals surface area contributed by atoms with Crippen molar-refractivity contribution in [1.82, 2.24) is 4.57 Å². The first-order valence-corrected chi connectivity index (χ1v) is 12.3. The number of ether oxygens (including phenoxy) is 1. The lowest BCUT2D eigenvalue weighted by Gasteiger charge is -2.23. The van der Waals surface area contributed by atoms with Crippen molar-refractivity contribution >= 4 is 22.7 Å². The van der Waals surface area contributed by atoms with Gasteiger partial charge in [-0.25, -0.2) is 0 Å². The van der Waals surface area contributed by atoms with Crippen LogP contribution in [0.2, 0.25) is 0 Å². The number of carbonyl (C=O) groups is 2. The van der Waals surface area contributed by atoms with Crippen LogP contribution in [0.4, 0.5) is 0 Å². The highest BCUT2D eigenvalue weighted by Crippen LogP contribution is 2.40. The van der Waals surface area contributed by atoms with Crippen LogP contribution in [0.25, 0.3) is 22.0 Å². The highest BCUT2D eigenvalue weighted by Gasteiger charge is 2.29. The first kappa shape index (κ1) is 23.7. The molecule has 4 aromatic rings. The number of esters is 1. The molecule has 0 radical (unpaired) electrons. The minimum Gasteiger partial charge on any atom is -0.460 e. The summed E-state index contributed by atoms with van der Waals surface area (Å²) in [6, 6.07) is 20.9. The van der Waals surface area contributed by atoms with E-state index in [0.717, 1.165) is 45.1 Å². The highest BCUT2D eigenvalue weighted by molar-refractivity contribution is 6.26. The second-order valence-corrected chi connectivity index (χ2v) is 10.1. The molecule has 0 unspecified atom stereocenters. The molecule has 0 fully saturated rings. The second-order valence-electron chi connectivity index (χ2n) is 10.1. The van der Waals surface area contributed by atoms with Crippen LogP contribution < -0.4 is 5.56 Å². The first-order chi connectivity index (χ1) is 17.2.